The molecule has 0 unspecified atom stereocenters. The number of anilines is 1. The van der Waals surface area contributed by atoms with Crippen LogP contribution < -0.4 is 5.32 Å². The smallest absolute Gasteiger partial charge is 0.275 e. The van der Waals surface area contributed by atoms with Crippen LogP contribution in [-0.2, 0) is 0 Å². The first-order valence-electron chi connectivity index (χ1n) is 7.55. The number of halogens is 1. The maximum Gasteiger partial charge on any atom is 0.275 e. The van der Waals surface area contributed by atoms with Crippen LogP contribution >= 0.6 is 11.3 Å². The lowest BCUT2D eigenvalue weighted by atomic mass is 10.2. The van der Waals surface area contributed by atoms with E-state index in [1.54, 1.807) is 35.7 Å². The third-order valence-electron chi connectivity index (χ3n) is 3.55. The SMILES string of the molecule is O=C(Nc1cccc(-n2cnnn2)c1)c1csc(-c2ccc(F)cc2)n1. The second-order valence-electron chi connectivity index (χ2n) is 5.30. The van der Waals surface area contributed by atoms with Crippen LogP contribution in [0.5, 0.6) is 0 Å². The van der Waals surface area contributed by atoms with Gasteiger partial charge in [0.15, 0.2) is 0 Å². The van der Waals surface area contributed by atoms with Crippen molar-refractivity contribution in [2.75, 3.05) is 5.32 Å². The highest BCUT2D eigenvalue weighted by molar-refractivity contribution is 7.13. The molecule has 0 spiro atoms. The van der Waals surface area contributed by atoms with Gasteiger partial charge < -0.3 is 5.32 Å². The summed E-state index contributed by atoms with van der Waals surface area (Å²) in [4.78, 5) is 16.8. The number of nitrogens with one attached hydrogen (secondary N) is 1. The fourth-order valence-corrected chi connectivity index (χ4v) is 3.11. The van der Waals surface area contributed by atoms with Gasteiger partial charge >= 0.3 is 0 Å². The van der Waals surface area contributed by atoms with Gasteiger partial charge in [0.25, 0.3) is 5.91 Å². The fraction of sp³-hybridized carbons (Fsp3) is 0. The van der Waals surface area contributed by atoms with Crippen LogP contribution in [0.4, 0.5) is 10.1 Å². The summed E-state index contributed by atoms with van der Waals surface area (Å²) in [6.07, 6.45) is 1.47. The third kappa shape index (κ3) is 3.33. The summed E-state index contributed by atoms with van der Waals surface area (Å²) in [6.45, 7) is 0. The lowest BCUT2D eigenvalue weighted by Gasteiger charge is -2.05. The zero-order valence-electron chi connectivity index (χ0n) is 13.2. The van der Waals surface area contributed by atoms with E-state index in [4.69, 9.17) is 0 Å². The van der Waals surface area contributed by atoms with Gasteiger partial charge in [0.2, 0.25) is 0 Å². The van der Waals surface area contributed by atoms with Crippen LogP contribution in [0.1, 0.15) is 10.5 Å². The molecule has 7 nitrogen and oxygen atoms in total. The minimum Gasteiger partial charge on any atom is -0.321 e. The van der Waals surface area contributed by atoms with E-state index in [-0.39, 0.29) is 11.7 Å². The maximum atomic E-state index is 13.0. The molecule has 0 aliphatic carbocycles. The Kier molecular flexibility index (Phi) is 4.20. The summed E-state index contributed by atoms with van der Waals surface area (Å²) in [5.74, 6) is -0.644. The van der Waals surface area contributed by atoms with E-state index in [1.165, 1.54) is 34.5 Å². The first kappa shape index (κ1) is 16.0. The summed E-state index contributed by atoms with van der Waals surface area (Å²) in [7, 11) is 0. The first-order chi connectivity index (χ1) is 12.7. The molecule has 9 heteroatoms. The predicted molar refractivity (Wildman–Crippen MR) is 94.6 cm³/mol. The zero-order chi connectivity index (χ0) is 17.9. The van der Waals surface area contributed by atoms with Crippen molar-refractivity contribution in [3.63, 3.8) is 0 Å². The van der Waals surface area contributed by atoms with E-state index in [1.807, 2.05) is 6.07 Å². The van der Waals surface area contributed by atoms with Crippen LogP contribution in [0, 0.1) is 5.82 Å². The molecular formula is C17H11FN6OS. The van der Waals surface area contributed by atoms with Gasteiger partial charge in [-0.3, -0.25) is 4.79 Å². The van der Waals surface area contributed by atoms with Gasteiger partial charge in [-0.2, -0.15) is 0 Å². The second-order valence-corrected chi connectivity index (χ2v) is 6.16. The van der Waals surface area contributed by atoms with Crippen LogP contribution in [0.15, 0.2) is 60.2 Å². The largest absolute Gasteiger partial charge is 0.321 e. The number of carbonyl (C=O) groups is 1. The molecule has 4 rings (SSSR count). The number of thiazole rings is 1. The summed E-state index contributed by atoms with van der Waals surface area (Å²) in [5.41, 5.74) is 2.37. The number of tetrazole rings is 1. The van der Waals surface area contributed by atoms with E-state index in [0.717, 1.165) is 11.3 Å². The van der Waals surface area contributed by atoms with E-state index in [2.05, 4.69) is 25.8 Å². The molecule has 0 saturated carbocycles. The zero-order valence-corrected chi connectivity index (χ0v) is 14.0. The van der Waals surface area contributed by atoms with Gasteiger partial charge in [-0.15, -0.1) is 16.4 Å². The molecule has 2 heterocycles. The molecule has 2 aromatic carbocycles. The molecule has 1 N–H and O–H groups in total. The van der Waals surface area contributed by atoms with Gasteiger partial charge in [0, 0.05) is 16.6 Å². The predicted octanol–water partition coefficient (Wildman–Crippen LogP) is 3.18. The highest BCUT2D eigenvalue weighted by Gasteiger charge is 2.13. The molecule has 0 atom stereocenters. The van der Waals surface area contributed by atoms with Crippen LogP contribution in [-0.4, -0.2) is 31.1 Å². The van der Waals surface area contributed by atoms with Crippen molar-refractivity contribution in [3.05, 3.63) is 71.7 Å². The van der Waals surface area contributed by atoms with Crippen molar-refractivity contribution in [3.8, 4) is 16.3 Å². The number of carbonyl (C=O) groups excluding carboxylic acids is 1. The second kappa shape index (κ2) is 6.81. The third-order valence-corrected chi connectivity index (χ3v) is 4.44. The van der Waals surface area contributed by atoms with E-state index < -0.39 is 0 Å². The van der Waals surface area contributed by atoms with E-state index in [9.17, 15) is 9.18 Å². The topological polar surface area (TPSA) is 85.6 Å². The van der Waals surface area contributed by atoms with Gasteiger partial charge in [-0.05, 0) is 52.9 Å². The number of benzene rings is 2. The minimum absolute atomic E-state index is 0.294. The van der Waals surface area contributed by atoms with Crippen molar-refractivity contribution in [1.29, 1.82) is 0 Å². The standard InChI is InChI=1S/C17H11FN6OS/c18-12-6-4-11(5-7-12)17-21-15(9-26-17)16(25)20-13-2-1-3-14(8-13)24-10-19-22-23-24/h1-10H,(H,20,25). The average Bonchev–Trinajstić information content (AvgIpc) is 3.35. The lowest BCUT2D eigenvalue weighted by molar-refractivity contribution is 0.102. The van der Waals surface area contributed by atoms with Crippen molar-refractivity contribution in [2.24, 2.45) is 0 Å². The van der Waals surface area contributed by atoms with Gasteiger partial charge in [-0.1, -0.05) is 6.07 Å². The molecule has 0 aliphatic rings. The highest BCUT2D eigenvalue weighted by Crippen LogP contribution is 2.24. The number of nitrogens with zero attached hydrogens (tertiary/aromatic N) is 5. The summed E-state index contributed by atoms with van der Waals surface area (Å²) >= 11 is 1.32. The molecule has 128 valence electrons. The van der Waals surface area contributed by atoms with Crippen LogP contribution in [0.2, 0.25) is 0 Å². The van der Waals surface area contributed by atoms with Crippen molar-refractivity contribution in [2.45, 2.75) is 0 Å². The van der Waals surface area contributed by atoms with Crippen LogP contribution in [0.3, 0.4) is 0 Å². The Morgan fingerprint density at radius 1 is 1.15 bits per heavy atom. The van der Waals surface area contributed by atoms with Crippen molar-refractivity contribution in [1.82, 2.24) is 25.2 Å². The number of hydrogen-bond donors (Lipinski definition) is 1. The molecule has 0 bridgehead atoms. The Hall–Kier alpha value is -3.46. The van der Waals surface area contributed by atoms with E-state index >= 15 is 0 Å². The number of rotatable bonds is 4. The number of amides is 1. The van der Waals surface area contributed by atoms with Crippen LogP contribution in [0.25, 0.3) is 16.3 Å². The number of aromatic nitrogens is 5. The van der Waals surface area contributed by atoms with Gasteiger partial charge in [0.05, 0.1) is 5.69 Å². The molecule has 0 saturated heterocycles. The summed E-state index contributed by atoms with van der Waals surface area (Å²) in [6, 6.07) is 13.1. The highest BCUT2D eigenvalue weighted by atomic mass is 32.1. The maximum absolute atomic E-state index is 13.0. The molecule has 0 radical (unpaired) electrons. The molecule has 2 aromatic heterocycles. The quantitative estimate of drug-likeness (QED) is 0.600. The van der Waals surface area contributed by atoms with Gasteiger partial charge in [-0.25, -0.2) is 14.1 Å². The van der Waals surface area contributed by atoms with E-state index in [0.29, 0.717) is 16.4 Å². The molecule has 0 fully saturated rings. The van der Waals surface area contributed by atoms with Gasteiger partial charge in [0.1, 0.15) is 22.8 Å². The molecule has 0 aliphatic heterocycles. The lowest BCUT2D eigenvalue weighted by Crippen LogP contribution is -2.12. The first-order valence-corrected chi connectivity index (χ1v) is 8.43. The molecular weight excluding hydrogens is 355 g/mol. The number of hydrogen-bond acceptors (Lipinski definition) is 6. The van der Waals surface area contributed by atoms with Crippen molar-refractivity contribution >= 4 is 22.9 Å². The molecule has 26 heavy (non-hydrogen) atoms. The molecule has 4 aromatic rings. The Morgan fingerprint density at radius 2 is 2.00 bits per heavy atom. The molecule has 1 amide bonds. The Morgan fingerprint density at radius 3 is 2.77 bits per heavy atom. The monoisotopic (exact) mass is 366 g/mol. The normalized spacial score (nSPS) is 10.7. The van der Waals surface area contributed by atoms with Crippen molar-refractivity contribution < 1.29 is 9.18 Å². The minimum atomic E-state index is -0.330. The summed E-state index contributed by atoms with van der Waals surface area (Å²) < 4.78 is 14.5. The fourth-order valence-electron chi connectivity index (χ4n) is 2.30. The average molecular weight is 366 g/mol. The summed E-state index contributed by atoms with van der Waals surface area (Å²) in [5, 5.41) is 16.1. The Labute approximate surface area is 151 Å². The Bertz CT molecular complexity index is 1050. The Balaban J connectivity index is 1.52.